The van der Waals surface area contributed by atoms with E-state index in [1.165, 1.54) is 23.5 Å². The molecule has 0 unspecified atom stereocenters. The molecule has 2 aromatic rings. The molecule has 0 radical (unpaired) electrons. The van der Waals surface area contributed by atoms with E-state index in [0.29, 0.717) is 13.0 Å². The zero-order valence-corrected chi connectivity index (χ0v) is 15.5. The monoisotopic (exact) mass is 388 g/mol. The average molecular weight is 389 g/mol. The third-order valence-corrected chi connectivity index (χ3v) is 5.42. The van der Waals surface area contributed by atoms with E-state index in [9.17, 15) is 12.8 Å². The molecule has 0 atom stereocenters. The summed E-state index contributed by atoms with van der Waals surface area (Å²) in [4.78, 5) is -0.103. The summed E-state index contributed by atoms with van der Waals surface area (Å²) in [6, 6.07) is 12.9. The zero-order chi connectivity index (χ0) is 17.6. The van der Waals surface area contributed by atoms with Crippen LogP contribution < -0.4 is 10.5 Å². The zero-order valence-electron chi connectivity index (χ0n) is 13.9. The fourth-order valence-corrected chi connectivity index (χ4v) is 3.77. The van der Waals surface area contributed by atoms with Gasteiger partial charge in [-0.1, -0.05) is 30.3 Å². The van der Waals surface area contributed by atoms with Crippen LogP contribution in [0.2, 0.25) is 0 Å². The maximum Gasteiger partial charge on any atom is 0.243 e. The Labute approximate surface area is 154 Å². The number of benzene rings is 2. The number of hydrogen-bond donors (Lipinski definition) is 1. The lowest BCUT2D eigenvalue weighted by molar-refractivity contribution is 0.383. The summed E-state index contributed by atoms with van der Waals surface area (Å²) in [5.41, 5.74) is 6.37. The Hall–Kier alpha value is -1.67. The van der Waals surface area contributed by atoms with Gasteiger partial charge in [-0.2, -0.15) is 4.31 Å². The Morgan fingerprint density at radius 3 is 2.40 bits per heavy atom. The second kappa shape index (κ2) is 9.72. The highest BCUT2D eigenvalue weighted by molar-refractivity contribution is 7.89. The second-order valence-electron chi connectivity index (χ2n) is 5.26. The molecule has 0 fully saturated rings. The van der Waals surface area contributed by atoms with Crippen molar-refractivity contribution in [2.75, 3.05) is 20.2 Å². The molecular weight excluding hydrogens is 367 g/mol. The Kier molecular flexibility index (Phi) is 8.31. The first-order valence-corrected chi connectivity index (χ1v) is 9.00. The van der Waals surface area contributed by atoms with Crippen molar-refractivity contribution >= 4 is 22.4 Å². The maximum atomic E-state index is 13.9. The van der Waals surface area contributed by atoms with Crippen LogP contribution in [0.3, 0.4) is 0 Å². The highest BCUT2D eigenvalue weighted by atomic mass is 35.5. The molecule has 2 aromatic carbocycles. The lowest BCUT2D eigenvalue weighted by Gasteiger charge is -2.22. The lowest BCUT2D eigenvalue weighted by Crippen LogP contribution is -2.32. The van der Waals surface area contributed by atoms with Crippen LogP contribution in [0, 0.1) is 5.82 Å². The summed E-state index contributed by atoms with van der Waals surface area (Å²) >= 11 is 0. The molecule has 8 heteroatoms. The summed E-state index contributed by atoms with van der Waals surface area (Å²) in [6.45, 7) is 0.843. The van der Waals surface area contributed by atoms with E-state index < -0.39 is 15.8 Å². The van der Waals surface area contributed by atoms with Gasteiger partial charge < -0.3 is 10.5 Å². The van der Waals surface area contributed by atoms with Crippen molar-refractivity contribution in [1.82, 2.24) is 4.31 Å². The van der Waals surface area contributed by atoms with Gasteiger partial charge in [0.05, 0.1) is 12.0 Å². The molecule has 2 rings (SSSR count). The predicted octanol–water partition coefficient (Wildman–Crippen LogP) is 2.80. The molecule has 0 aliphatic rings. The Morgan fingerprint density at radius 1 is 1.16 bits per heavy atom. The van der Waals surface area contributed by atoms with Crippen molar-refractivity contribution in [3.63, 3.8) is 0 Å². The lowest BCUT2D eigenvalue weighted by atomic mass is 10.2. The molecule has 138 valence electrons. The molecule has 2 N–H and O–H groups in total. The summed E-state index contributed by atoms with van der Waals surface area (Å²) in [6.07, 6.45) is 0.519. The molecule has 25 heavy (non-hydrogen) atoms. The predicted molar refractivity (Wildman–Crippen MR) is 97.9 cm³/mol. The van der Waals surface area contributed by atoms with Crippen molar-refractivity contribution in [1.29, 1.82) is 0 Å². The van der Waals surface area contributed by atoms with Crippen molar-refractivity contribution < 1.29 is 17.5 Å². The molecule has 5 nitrogen and oxygen atoms in total. The molecule has 0 aliphatic heterocycles. The standard InChI is InChI=1S/C17H21FN2O3S.ClH/c1-23-17-9-8-15(12-16(17)18)24(21,22)20(11-5-10-19)13-14-6-3-2-4-7-14;/h2-4,6-9,12H,5,10-11,13,19H2,1H3;1H. The number of methoxy groups -OCH3 is 1. The number of sulfonamides is 1. The fourth-order valence-electron chi connectivity index (χ4n) is 2.30. The molecule has 0 bridgehead atoms. The topological polar surface area (TPSA) is 72.6 Å². The minimum Gasteiger partial charge on any atom is -0.494 e. The van der Waals surface area contributed by atoms with Crippen LogP contribution >= 0.6 is 12.4 Å². The quantitative estimate of drug-likeness (QED) is 0.754. The van der Waals surface area contributed by atoms with Crippen molar-refractivity contribution in [3.8, 4) is 5.75 Å². The van der Waals surface area contributed by atoms with Crippen molar-refractivity contribution in [3.05, 3.63) is 59.9 Å². The van der Waals surface area contributed by atoms with Crippen LogP contribution in [0.1, 0.15) is 12.0 Å². The van der Waals surface area contributed by atoms with Gasteiger partial charge in [0, 0.05) is 13.1 Å². The van der Waals surface area contributed by atoms with E-state index in [1.54, 1.807) is 0 Å². The first-order chi connectivity index (χ1) is 11.5. The number of nitrogens with two attached hydrogens (primary N) is 1. The number of halogens is 2. The molecule has 0 aromatic heterocycles. The molecule has 0 spiro atoms. The molecular formula is C17H22ClFN2O3S. The summed E-state index contributed by atoms with van der Waals surface area (Å²) in [5, 5.41) is 0. The van der Waals surface area contributed by atoms with E-state index in [4.69, 9.17) is 10.5 Å². The second-order valence-corrected chi connectivity index (χ2v) is 7.20. The van der Waals surface area contributed by atoms with E-state index in [0.717, 1.165) is 11.6 Å². The maximum absolute atomic E-state index is 13.9. The Bertz CT molecular complexity index is 773. The minimum absolute atomic E-state index is 0. The number of ether oxygens (including phenoxy) is 1. The first-order valence-electron chi connectivity index (χ1n) is 7.56. The SMILES string of the molecule is COc1ccc(S(=O)(=O)N(CCCN)Cc2ccccc2)cc1F.Cl. The summed E-state index contributed by atoms with van der Waals surface area (Å²) in [7, 11) is -2.51. The first kappa shape index (κ1) is 21.4. The van der Waals surface area contributed by atoms with Gasteiger partial charge in [0.2, 0.25) is 10.0 Å². The van der Waals surface area contributed by atoms with Crippen LogP contribution in [0.5, 0.6) is 5.75 Å². The van der Waals surface area contributed by atoms with Gasteiger partial charge in [0.25, 0.3) is 0 Å². The van der Waals surface area contributed by atoms with Crippen molar-refractivity contribution in [2.45, 2.75) is 17.9 Å². The van der Waals surface area contributed by atoms with Gasteiger partial charge in [-0.05, 0) is 36.7 Å². The van der Waals surface area contributed by atoms with E-state index in [-0.39, 0.29) is 36.1 Å². The summed E-state index contributed by atoms with van der Waals surface area (Å²) in [5.74, 6) is -0.706. The third kappa shape index (κ3) is 5.40. The van der Waals surface area contributed by atoms with Crippen LogP contribution in [0.15, 0.2) is 53.4 Å². The van der Waals surface area contributed by atoms with E-state index in [2.05, 4.69) is 0 Å². The van der Waals surface area contributed by atoms with Gasteiger partial charge >= 0.3 is 0 Å². The Morgan fingerprint density at radius 2 is 1.84 bits per heavy atom. The summed E-state index contributed by atoms with van der Waals surface area (Å²) < 4.78 is 45.8. The van der Waals surface area contributed by atoms with Gasteiger partial charge in [0.1, 0.15) is 0 Å². The van der Waals surface area contributed by atoms with Gasteiger partial charge in [-0.15, -0.1) is 12.4 Å². The fraction of sp³-hybridized carbons (Fsp3) is 0.294. The van der Waals surface area contributed by atoms with Gasteiger partial charge in [0.15, 0.2) is 11.6 Å². The molecule has 0 saturated carbocycles. The highest BCUT2D eigenvalue weighted by Gasteiger charge is 2.25. The highest BCUT2D eigenvalue weighted by Crippen LogP contribution is 2.24. The minimum atomic E-state index is -3.84. The Balaban J connectivity index is 0.00000312. The number of rotatable bonds is 8. The van der Waals surface area contributed by atoms with Gasteiger partial charge in [-0.25, -0.2) is 12.8 Å². The normalized spacial score (nSPS) is 11.2. The van der Waals surface area contributed by atoms with Crippen LogP contribution in [0.25, 0.3) is 0 Å². The number of nitrogens with zero attached hydrogens (tertiary/aromatic N) is 1. The third-order valence-electron chi connectivity index (χ3n) is 3.57. The molecule has 0 aliphatic carbocycles. The smallest absolute Gasteiger partial charge is 0.243 e. The molecule has 0 amide bonds. The van der Waals surface area contributed by atoms with Gasteiger partial charge in [-0.3, -0.25) is 0 Å². The molecule has 0 heterocycles. The van der Waals surface area contributed by atoms with E-state index >= 15 is 0 Å². The number of hydrogen-bond acceptors (Lipinski definition) is 4. The van der Waals surface area contributed by atoms with Crippen molar-refractivity contribution in [2.24, 2.45) is 5.73 Å². The van der Waals surface area contributed by atoms with Crippen LogP contribution in [-0.4, -0.2) is 32.9 Å². The largest absolute Gasteiger partial charge is 0.494 e. The molecule has 0 saturated heterocycles. The van der Waals surface area contributed by atoms with Crippen LogP contribution in [-0.2, 0) is 16.6 Å². The van der Waals surface area contributed by atoms with Crippen LogP contribution in [0.4, 0.5) is 4.39 Å². The van der Waals surface area contributed by atoms with E-state index in [1.807, 2.05) is 30.3 Å². The average Bonchev–Trinajstić information content (AvgIpc) is 2.59.